The Bertz CT molecular complexity index is 652. The molecular weight excluding hydrogens is 276 g/mol. The minimum atomic E-state index is -0.730. The molecule has 0 unspecified atom stereocenters. The Morgan fingerprint density at radius 1 is 1.43 bits per heavy atom. The smallest absolute Gasteiger partial charge is 0.390 e. The van der Waals surface area contributed by atoms with E-state index in [1.165, 1.54) is 0 Å². The molecule has 1 aromatic carbocycles. The molecular formula is C12H12N6O3. The average molecular weight is 288 g/mol. The van der Waals surface area contributed by atoms with E-state index in [4.69, 9.17) is 0 Å². The number of hydrogen-bond donors (Lipinski definition) is 1. The molecule has 0 aliphatic rings. The van der Waals surface area contributed by atoms with Crippen molar-refractivity contribution in [2.45, 2.75) is 13.0 Å². The normalized spacial score (nSPS) is 10.7. The van der Waals surface area contributed by atoms with Crippen molar-refractivity contribution in [3.63, 3.8) is 0 Å². The first-order valence-electron chi connectivity index (χ1n) is 6.03. The van der Waals surface area contributed by atoms with Crippen LogP contribution in [0.2, 0.25) is 0 Å². The lowest BCUT2D eigenvalue weighted by molar-refractivity contribution is -0.394. The Labute approximate surface area is 119 Å². The zero-order chi connectivity index (χ0) is 15.1. The van der Waals surface area contributed by atoms with Crippen molar-refractivity contribution in [2.75, 3.05) is 0 Å². The van der Waals surface area contributed by atoms with Crippen LogP contribution in [-0.4, -0.2) is 31.8 Å². The van der Waals surface area contributed by atoms with E-state index in [0.29, 0.717) is 6.42 Å². The largest absolute Gasteiger partial charge is 0.490 e. The van der Waals surface area contributed by atoms with Crippen LogP contribution in [0.4, 0.5) is 5.95 Å². The highest BCUT2D eigenvalue weighted by Crippen LogP contribution is 1.99. The molecule has 0 aliphatic heterocycles. The van der Waals surface area contributed by atoms with Gasteiger partial charge in [-0.3, -0.25) is 4.79 Å². The number of benzene rings is 1. The predicted octanol–water partition coefficient (Wildman–Crippen LogP) is 0.531. The second-order valence-corrected chi connectivity index (χ2v) is 4.04. The predicted molar refractivity (Wildman–Crippen MR) is 73.5 cm³/mol. The van der Waals surface area contributed by atoms with Gasteiger partial charge in [0.25, 0.3) is 5.91 Å². The van der Waals surface area contributed by atoms with Crippen LogP contribution in [0, 0.1) is 10.1 Å². The Morgan fingerprint density at radius 2 is 2.19 bits per heavy atom. The first kappa shape index (κ1) is 14.3. The molecule has 2 aromatic rings. The molecule has 0 atom stereocenters. The summed E-state index contributed by atoms with van der Waals surface area (Å²) >= 11 is 0. The molecule has 0 saturated heterocycles. The Kier molecular flexibility index (Phi) is 4.70. The molecule has 1 heterocycles. The molecule has 108 valence electrons. The van der Waals surface area contributed by atoms with Gasteiger partial charge in [-0.05, 0) is 10.5 Å². The van der Waals surface area contributed by atoms with E-state index in [0.717, 1.165) is 16.6 Å². The summed E-state index contributed by atoms with van der Waals surface area (Å²) in [6.07, 6.45) is 3.28. The van der Waals surface area contributed by atoms with Crippen molar-refractivity contribution in [1.29, 1.82) is 0 Å². The summed E-state index contributed by atoms with van der Waals surface area (Å²) in [4.78, 5) is 24.6. The molecule has 2 rings (SSSR count). The fourth-order valence-electron chi connectivity index (χ4n) is 1.51. The maximum absolute atomic E-state index is 11.5. The Balaban J connectivity index is 1.77. The molecule has 1 N–H and O–H groups in total. The second-order valence-electron chi connectivity index (χ2n) is 4.04. The quantitative estimate of drug-likeness (QED) is 0.473. The number of hydrogen-bond acceptors (Lipinski definition) is 6. The molecule has 1 aromatic heterocycles. The molecule has 0 fully saturated rings. The van der Waals surface area contributed by atoms with Crippen molar-refractivity contribution in [3.05, 3.63) is 52.3 Å². The minimum absolute atomic E-state index is 0.191. The monoisotopic (exact) mass is 288 g/mol. The van der Waals surface area contributed by atoms with Crippen LogP contribution >= 0.6 is 0 Å². The van der Waals surface area contributed by atoms with Crippen molar-refractivity contribution in [1.82, 2.24) is 20.2 Å². The molecule has 9 heteroatoms. The van der Waals surface area contributed by atoms with Crippen molar-refractivity contribution < 1.29 is 9.72 Å². The number of nitrogens with one attached hydrogen (secondary N) is 1. The Hall–Kier alpha value is -3.10. The molecule has 21 heavy (non-hydrogen) atoms. The van der Waals surface area contributed by atoms with E-state index in [-0.39, 0.29) is 6.54 Å². The van der Waals surface area contributed by atoms with E-state index in [9.17, 15) is 14.9 Å². The number of carbonyl (C=O) groups excluding carboxylic acids is 1. The SMILES string of the molecule is O=C(Cn1cnc([N+](=O)[O-])n1)N/N=C\Cc1ccccc1. The van der Waals surface area contributed by atoms with Crippen molar-refractivity contribution >= 4 is 18.1 Å². The van der Waals surface area contributed by atoms with Gasteiger partial charge in [-0.2, -0.15) is 9.78 Å². The fourth-order valence-corrected chi connectivity index (χ4v) is 1.51. The number of hydrazone groups is 1. The van der Waals surface area contributed by atoms with Crippen molar-refractivity contribution in [2.24, 2.45) is 5.10 Å². The van der Waals surface area contributed by atoms with Gasteiger partial charge < -0.3 is 10.1 Å². The number of rotatable bonds is 6. The third-order valence-electron chi connectivity index (χ3n) is 2.44. The first-order valence-corrected chi connectivity index (χ1v) is 6.03. The maximum atomic E-state index is 11.5. The number of nitro groups is 1. The molecule has 1 amide bonds. The summed E-state index contributed by atoms with van der Waals surface area (Å²) in [5, 5.41) is 17.7. The molecule has 0 aliphatic carbocycles. The van der Waals surface area contributed by atoms with E-state index in [1.54, 1.807) is 6.21 Å². The summed E-state index contributed by atoms with van der Waals surface area (Å²) < 4.78 is 1.07. The summed E-state index contributed by atoms with van der Waals surface area (Å²) in [5.41, 5.74) is 3.38. The van der Waals surface area contributed by atoms with Crippen LogP contribution < -0.4 is 5.43 Å². The molecule has 0 saturated carbocycles. The first-order chi connectivity index (χ1) is 10.1. The second kappa shape index (κ2) is 6.89. The zero-order valence-corrected chi connectivity index (χ0v) is 10.9. The van der Waals surface area contributed by atoms with Crippen LogP contribution in [0.25, 0.3) is 0 Å². The molecule has 0 radical (unpaired) electrons. The lowest BCUT2D eigenvalue weighted by Crippen LogP contribution is -2.23. The summed E-state index contributed by atoms with van der Waals surface area (Å²) in [7, 11) is 0. The van der Waals surface area contributed by atoms with Crippen LogP contribution in [-0.2, 0) is 17.8 Å². The van der Waals surface area contributed by atoms with Crippen molar-refractivity contribution in [3.8, 4) is 0 Å². The topological polar surface area (TPSA) is 115 Å². The third-order valence-corrected chi connectivity index (χ3v) is 2.44. The molecule has 0 spiro atoms. The molecule has 9 nitrogen and oxygen atoms in total. The van der Waals surface area contributed by atoms with Gasteiger partial charge >= 0.3 is 5.95 Å². The zero-order valence-electron chi connectivity index (χ0n) is 10.9. The highest BCUT2D eigenvalue weighted by atomic mass is 16.6. The number of nitrogens with zero attached hydrogens (tertiary/aromatic N) is 5. The van der Waals surface area contributed by atoms with E-state index in [1.807, 2.05) is 30.3 Å². The summed E-state index contributed by atoms with van der Waals surface area (Å²) in [6, 6.07) is 9.64. The van der Waals surface area contributed by atoms with Crippen LogP contribution in [0.5, 0.6) is 0 Å². The molecule has 0 bridgehead atoms. The van der Waals surface area contributed by atoms with Gasteiger partial charge in [0.2, 0.25) is 6.33 Å². The minimum Gasteiger partial charge on any atom is -0.390 e. The number of aromatic nitrogens is 3. The lowest BCUT2D eigenvalue weighted by Gasteiger charge is -1.97. The number of carbonyl (C=O) groups is 1. The van der Waals surface area contributed by atoms with Gasteiger partial charge in [-0.1, -0.05) is 35.3 Å². The highest BCUT2D eigenvalue weighted by molar-refractivity contribution is 5.76. The van der Waals surface area contributed by atoms with Crippen LogP contribution in [0.1, 0.15) is 5.56 Å². The van der Waals surface area contributed by atoms with Gasteiger partial charge in [0.05, 0.1) is 0 Å². The van der Waals surface area contributed by atoms with Gasteiger partial charge in [0.1, 0.15) is 6.54 Å². The Morgan fingerprint density at radius 3 is 2.86 bits per heavy atom. The standard InChI is InChI=1S/C12H12N6O3/c19-11(8-17-9-13-12(16-17)18(20)21)15-14-7-6-10-4-2-1-3-5-10/h1-5,7,9H,6,8H2,(H,15,19)/b14-7-. The fraction of sp³-hybridized carbons (Fsp3) is 0.167. The summed E-state index contributed by atoms with van der Waals surface area (Å²) in [6.45, 7) is -0.191. The van der Waals surface area contributed by atoms with E-state index in [2.05, 4.69) is 20.6 Å². The van der Waals surface area contributed by atoms with E-state index < -0.39 is 16.8 Å². The average Bonchev–Trinajstić information content (AvgIpc) is 2.93. The lowest BCUT2D eigenvalue weighted by atomic mass is 10.2. The van der Waals surface area contributed by atoms with Gasteiger partial charge in [-0.25, -0.2) is 5.43 Å². The van der Waals surface area contributed by atoms with Crippen LogP contribution in [0.3, 0.4) is 0 Å². The van der Waals surface area contributed by atoms with Gasteiger partial charge in [0, 0.05) is 17.7 Å². The van der Waals surface area contributed by atoms with Gasteiger partial charge in [0.15, 0.2) is 0 Å². The van der Waals surface area contributed by atoms with Crippen LogP contribution in [0.15, 0.2) is 41.8 Å². The third kappa shape index (κ3) is 4.49. The summed E-state index contributed by atoms with van der Waals surface area (Å²) in [5.74, 6) is -0.991. The van der Waals surface area contributed by atoms with E-state index >= 15 is 0 Å². The highest BCUT2D eigenvalue weighted by Gasteiger charge is 2.14. The van der Waals surface area contributed by atoms with Gasteiger partial charge in [-0.15, -0.1) is 0 Å². The number of amides is 1. The maximum Gasteiger partial charge on any atom is 0.490 e.